The summed E-state index contributed by atoms with van der Waals surface area (Å²) in [6.45, 7) is 6.54. The molecule has 3 rings (SSSR count). The maximum atomic E-state index is 12.5. The van der Waals surface area contributed by atoms with Crippen molar-refractivity contribution in [2.75, 3.05) is 26.2 Å². The molecule has 0 saturated carbocycles. The van der Waals surface area contributed by atoms with E-state index in [-0.39, 0.29) is 0 Å². The second-order valence-corrected chi connectivity index (χ2v) is 8.73. The molecular formula is C13H18N4O3S2. The van der Waals surface area contributed by atoms with Crippen LogP contribution in [0.2, 0.25) is 0 Å². The van der Waals surface area contributed by atoms with Gasteiger partial charge in [0, 0.05) is 38.0 Å². The van der Waals surface area contributed by atoms with Gasteiger partial charge in [0.05, 0.1) is 6.54 Å². The summed E-state index contributed by atoms with van der Waals surface area (Å²) in [5, 5.41) is 3.87. The van der Waals surface area contributed by atoms with Crippen LogP contribution < -0.4 is 0 Å². The van der Waals surface area contributed by atoms with Gasteiger partial charge in [-0.3, -0.25) is 4.90 Å². The standard InChI is InChI=1S/C13H18N4O3S2/c1-10-3-4-13(21-10)22(18,19)17-7-5-16(6-8-17)9-12-14-11(2)20-15-12/h3-4H,5-9H2,1-2H3. The zero-order valence-electron chi connectivity index (χ0n) is 12.5. The summed E-state index contributed by atoms with van der Waals surface area (Å²) in [6, 6.07) is 3.52. The van der Waals surface area contributed by atoms with E-state index >= 15 is 0 Å². The smallest absolute Gasteiger partial charge is 0.252 e. The van der Waals surface area contributed by atoms with Crippen LogP contribution in [0.3, 0.4) is 0 Å². The van der Waals surface area contributed by atoms with Crippen LogP contribution in [0, 0.1) is 13.8 Å². The number of aromatic nitrogens is 2. The SMILES string of the molecule is Cc1nc(CN2CCN(S(=O)(=O)c3ccc(C)s3)CC2)no1. The van der Waals surface area contributed by atoms with Crippen LogP contribution in [0.5, 0.6) is 0 Å². The Morgan fingerprint density at radius 1 is 1.23 bits per heavy atom. The monoisotopic (exact) mass is 342 g/mol. The van der Waals surface area contributed by atoms with Gasteiger partial charge < -0.3 is 4.52 Å². The number of rotatable bonds is 4. The summed E-state index contributed by atoms with van der Waals surface area (Å²) in [5.74, 6) is 1.19. The molecule has 0 amide bonds. The molecule has 7 nitrogen and oxygen atoms in total. The van der Waals surface area contributed by atoms with E-state index in [1.165, 1.54) is 11.3 Å². The zero-order chi connectivity index (χ0) is 15.7. The summed E-state index contributed by atoms with van der Waals surface area (Å²) >= 11 is 1.32. The molecule has 0 radical (unpaired) electrons. The van der Waals surface area contributed by atoms with Crippen molar-refractivity contribution >= 4 is 21.4 Å². The number of aryl methyl sites for hydroxylation is 2. The van der Waals surface area contributed by atoms with Gasteiger partial charge in [-0.1, -0.05) is 5.16 Å². The summed E-state index contributed by atoms with van der Waals surface area (Å²) in [6.07, 6.45) is 0. The average Bonchev–Trinajstić information content (AvgIpc) is 3.09. The van der Waals surface area contributed by atoms with Gasteiger partial charge in [0.2, 0.25) is 5.89 Å². The van der Waals surface area contributed by atoms with Crippen LogP contribution in [-0.4, -0.2) is 53.9 Å². The van der Waals surface area contributed by atoms with Gasteiger partial charge in [-0.05, 0) is 19.1 Å². The fourth-order valence-corrected chi connectivity index (χ4v) is 5.27. The highest BCUT2D eigenvalue weighted by Crippen LogP contribution is 2.25. The lowest BCUT2D eigenvalue weighted by Crippen LogP contribution is -2.48. The van der Waals surface area contributed by atoms with Crippen molar-refractivity contribution in [3.05, 3.63) is 28.7 Å². The molecule has 2 aromatic rings. The Labute approximate surface area is 133 Å². The summed E-state index contributed by atoms with van der Waals surface area (Å²) < 4.78 is 32.0. The molecule has 0 bridgehead atoms. The lowest BCUT2D eigenvalue weighted by Gasteiger charge is -2.32. The first-order valence-electron chi connectivity index (χ1n) is 7.03. The first-order chi connectivity index (χ1) is 10.4. The van der Waals surface area contributed by atoms with Crippen molar-refractivity contribution < 1.29 is 12.9 Å². The second kappa shape index (κ2) is 6.07. The molecule has 1 aliphatic rings. The Bertz CT molecular complexity index is 745. The van der Waals surface area contributed by atoms with Crippen LogP contribution in [0.15, 0.2) is 20.9 Å². The first kappa shape index (κ1) is 15.6. The van der Waals surface area contributed by atoms with Crippen molar-refractivity contribution in [1.82, 2.24) is 19.3 Å². The van der Waals surface area contributed by atoms with Crippen LogP contribution >= 0.6 is 11.3 Å². The zero-order valence-corrected chi connectivity index (χ0v) is 14.2. The Balaban J connectivity index is 1.61. The van der Waals surface area contributed by atoms with Crippen molar-refractivity contribution in [3.63, 3.8) is 0 Å². The Morgan fingerprint density at radius 2 is 1.95 bits per heavy atom. The van der Waals surface area contributed by atoms with Crippen LogP contribution in [-0.2, 0) is 16.6 Å². The lowest BCUT2D eigenvalue weighted by molar-refractivity contribution is 0.176. The Morgan fingerprint density at radius 3 is 2.50 bits per heavy atom. The summed E-state index contributed by atoms with van der Waals surface area (Å²) in [4.78, 5) is 7.31. The van der Waals surface area contributed by atoms with Gasteiger partial charge in [0.15, 0.2) is 5.82 Å². The van der Waals surface area contributed by atoms with Gasteiger partial charge in [-0.15, -0.1) is 11.3 Å². The third-order valence-corrected chi connectivity index (χ3v) is 6.94. The maximum Gasteiger partial charge on any atom is 0.252 e. The lowest BCUT2D eigenvalue weighted by atomic mass is 10.3. The highest BCUT2D eigenvalue weighted by Gasteiger charge is 2.29. The minimum absolute atomic E-state index is 0.423. The van der Waals surface area contributed by atoms with Crippen molar-refractivity contribution in [2.45, 2.75) is 24.6 Å². The molecule has 2 aromatic heterocycles. The van der Waals surface area contributed by atoms with E-state index in [0.29, 0.717) is 48.6 Å². The Kier molecular flexibility index (Phi) is 4.31. The fraction of sp³-hybridized carbons (Fsp3) is 0.538. The molecule has 1 saturated heterocycles. The van der Waals surface area contributed by atoms with E-state index < -0.39 is 10.0 Å². The molecule has 0 atom stereocenters. The second-order valence-electron chi connectivity index (χ2n) is 5.27. The first-order valence-corrected chi connectivity index (χ1v) is 9.29. The topological polar surface area (TPSA) is 79.5 Å². The van der Waals surface area contributed by atoms with Crippen LogP contribution in [0.1, 0.15) is 16.6 Å². The normalized spacial score (nSPS) is 17.9. The van der Waals surface area contributed by atoms with Crippen molar-refractivity contribution in [2.24, 2.45) is 0 Å². The number of thiophene rings is 1. The van der Waals surface area contributed by atoms with E-state index in [1.54, 1.807) is 17.3 Å². The predicted octanol–water partition coefficient (Wildman–Crippen LogP) is 1.25. The van der Waals surface area contributed by atoms with E-state index in [4.69, 9.17) is 4.52 Å². The minimum atomic E-state index is -3.36. The van der Waals surface area contributed by atoms with Gasteiger partial charge in [0.25, 0.3) is 10.0 Å². The largest absolute Gasteiger partial charge is 0.340 e. The molecule has 0 aromatic carbocycles. The van der Waals surface area contributed by atoms with Gasteiger partial charge in [-0.2, -0.15) is 9.29 Å². The van der Waals surface area contributed by atoms with E-state index in [9.17, 15) is 8.42 Å². The molecule has 0 aliphatic carbocycles. The van der Waals surface area contributed by atoms with Crippen LogP contribution in [0.4, 0.5) is 0 Å². The van der Waals surface area contributed by atoms with Gasteiger partial charge in [-0.25, -0.2) is 8.42 Å². The summed E-state index contributed by atoms with van der Waals surface area (Å²) in [5.41, 5.74) is 0. The molecule has 1 fully saturated rings. The van der Waals surface area contributed by atoms with Crippen LogP contribution in [0.25, 0.3) is 0 Å². The molecule has 3 heterocycles. The van der Waals surface area contributed by atoms with Gasteiger partial charge >= 0.3 is 0 Å². The molecule has 0 N–H and O–H groups in total. The predicted molar refractivity (Wildman–Crippen MR) is 82.1 cm³/mol. The molecule has 1 aliphatic heterocycles. The third kappa shape index (κ3) is 3.22. The Hall–Kier alpha value is -1.29. The van der Waals surface area contributed by atoms with E-state index in [1.807, 2.05) is 13.0 Å². The highest BCUT2D eigenvalue weighted by molar-refractivity contribution is 7.91. The average molecular weight is 342 g/mol. The van der Waals surface area contributed by atoms with Crippen molar-refractivity contribution in [3.8, 4) is 0 Å². The number of hydrogen-bond acceptors (Lipinski definition) is 7. The van der Waals surface area contributed by atoms with E-state index in [0.717, 1.165) is 4.88 Å². The molecule has 0 spiro atoms. The third-order valence-electron chi connectivity index (χ3n) is 3.58. The maximum absolute atomic E-state index is 12.5. The van der Waals surface area contributed by atoms with Gasteiger partial charge in [0.1, 0.15) is 4.21 Å². The molecule has 9 heteroatoms. The van der Waals surface area contributed by atoms with E-state index in [2.05, 4.69) is 15.0 Å². The quantitative estimate of drug-likeness (QED) is 0.832. The molecule has 0 unspecified atom stereocenters. The molecule has 22 heavy (non-hydrogen) atoms. The molecule has 120 valence electrons. The number of nitrogens with zero attached hydrogens (tertiary/aromatic N) is 4. The summed E-state index contributed by atoms with van der Waals surface area (Å²) in [7, 11) is -3.36. The van der Waals surface area contributed by atoms with Crippen molar-refractivity contribution in [1.29, 1.82) is 0 Å². The number of hydrogen-bond donors (Lipinski definition) is 0. The number of sulfonamides is 1. The fourth-order valence-electron chi connectivity index (χ4n) is 2.41. The molecular weight excluding hydrogens is 324 g/mol. The number of piperazine rings is 1. The highest BCUT2D eigenvalue weighted by atomic mass is 32.2. The minimum Gasteiger partial charge on any atom is -0.340 e.